The van der Waals surface area contributed by atoms with Gasteiger partial charge in [-0.3, -0.25) is 9.78 Å². The smallest absolute Gasteiger partial charge is 0.244 e. The number of nitrogens with zero attached hydrogens (tertiary/aromatic N) is 1. The molecular weight excluding hydrogens is 188 g/mol. The molecule has 0 saturated carbocycles. The maximum absolute atomic E-state index is 11.2. The minimum Gasteiger partial charge on any atom is -0.347 e. The fraction of sp³-hybridized carbons (Fsp3) is 0.167. The molecule has 3 heteroatoms. The molecule has 0 unspecified atom stereocenters. The summed E-state index contributed by atoms with van der Waals surface area (Å²) >= 11 is 0. The zero-order valence-electron chi connectivity index (χ0n) is 8.68. The second-order valence-electron chi connectivity index (χ2n) is 2.92. The molecule has 1 rings (SSSR count). The lowest BCUT2D eigenvalue weighted by molar-refractivity contribution is -0.116. The fourth-order valence-electron chi connectivity index (χ4n) is 0.993. The largest absolute Gasteiger partial charge is 0.347 e. The lowest BCUT2D eigenvalue weighted by Gasteiger charge is -2.00. The second kappa shape index (κ2) is 6.54. The molecule has 1 aromatic heterocycles. The van der Waals surface area contributed by atoms with Crippen LogP contribution in [-0.2, 0) is 11.3 Å². The van der Waals surface area contributed by atoms with E-state index in [1.165, 1.54) is 6.08 Å². The molecule has 1 amide bonds. The van der Waals surface area contributed by atoms with Crippen molar-refractivity contribution in [2.45, 2.75) is 13.5 Å². The highest BCUT2D eigenvalue weighted by Gasteiger charge is 1.95. The van der Waals surface area contributed by atoms with Gasteiger partial charge in [-0.15, -0.1) is 0 Å². The normalized spacial score (nSPS) is 11.0. The van der Waals surface area contributed by atoms with Crippen molar-refractivity contribution in [3.8, 4) is 0 Å². The molecule has 78 valence electrons. The molecule has 0 aromatic carbocycles. The van der Waals surface area contributed by atoms with Gasteiger partial charge in [0.05, 0.1) is 12.2 Å². The molecule has 0 radical (unpaired) electrons. The van der Waals surface area contributed by atoms with Crippen LogP contribution in [-0.4, -0.2) is 10.9 Å². The Labute approximate surface area is 89.5 Å². The molecule has 1 heterocycles. The summed E-state index contributed by atoms with van der Waals surface area (Å²) in [4.78, 5) is 15.3. The lowest BCUT2D eigenvalue weighted by atomic mass is 10.3. The SMILES string of the molecule is C/C=C/C=C/C(=O)NCc1ccccn1. The van der Waals surface area contributed by atoms with Crippen LogP contribution in [0.25, 0.3) is 0 Å². The van der Waals surface area contributed by atoms with Gasteiger partial charge in [-0.2, -0.15) is 0 Å². The third kappa shape index (κ3) is 4.76. The van der Waals surface area contributed by atoms with Crippen molar-refractivity contribution in [3.63, 3.8) is 0 Å². The summed E-state index contributed by atoms with van der Waals surface area (Å²) in [6, 6.07) is 5.61. The third-order valence-electron chi connectivity index (χ3n) is 1.72. The van der Waals surface area contributed by atoms with Gasteiger partial charge in [0.25, 0.3) is 0 Å². The number of hydrogen-bond acceptors (Lipinski definition) is 2. The number of amides is 1. The molecule has 0 fully saturated rings. The Morgan fingerprint density at radius 1 is 1.47 bits per heavy atom. The molecule has 0 spiro atoms. The molecule has 0 aliphatic heterocycles. The average molecular weight is 202 g/mol. The van der Waals surface area contributed by atoms with Crippen LogP contribution in [0.3, 0.4) is 0 Å². The number of nitrogens with one attached hydrogen (secondary N) is 1. The van der Waals surface area contributed by atoms with Crippen LogP contribution in [0.15, 0.2) is 48.7 Å². The lowest BCUT2D eigenvalue weighted by Crippen LogP contribution is -2.20. The molecule has 0 aliphatic carbocycles. The minimum absolute atomic E-state index is 0.112. The standard InChI is InChI=1S/C12H14N2O/c1-2-3-4-8-12(15)14-10-11-7-5-6-9-13-11/h2-9H,10H2,1H3,(H,14,15)/b3-2+,8-4+. The summed E-state index contributed by atoms with van der Waals surface area (Å²) in [5.41, 5.74) is 0.852. The number of allylic oxidation sites excluding steroid dienone is 3. The summed E-state index contributed by atoms with van der Waals surface area (Å²) in [6.45, 7) is 2.36. The molecule has 1 aromatic rings. The van der Waals surface area contributed by atoms with Crippen LogP contribution in [0.5, 0.6) is 0 Å². The zero-order valence-corrected chi connectivity index (χ0v) is 8.68. The van der Waals surface area contributed by atoms with Crippen molar-refractivity contribution in [2.24, 2.45) is 0 Å². The Kier molecular flexibility index (Phi) is 4.87. The first-order chi connectivity index (χ1) is 7.33. The molecule has 0 aliphatic rings. The highest BCUT2D eigenvalue weighted by molar-refractivity contribution is 5.87. The number of carbonyl (C=O) groups excluding carboxylic acids is 1. The van der Waals surface area contributed by atoms with Crippen molar-refractivity contribution >= 4 is 5.91 Å². The van der Waals surface area contributed by atoms with E-state index in [0.29, 0.717) is 6.54 Å². The van der Waals surface area contributed by atoms with Gasteiger partial charge < -0.3 is 5.32 Å². The van der Waals surface area contributed by atoms with E-state index in [1.807, 2.05) is 31.2 Å². The van der Waals surface area contributed by atoms with Crippen LogP contribution in [0.1, 0.15) is 12.6 Å². The number of pyridine rings is 1. The summed E-state index contributed by atoms with van der Waals surface area (Å²) in [6.07, 6.45) is 8.57. The van der Waals surface area contributed by atoms with Crippen molar-refractivity contribution in [1.29, 1.82) is 0 Å². The van der Waals surface area contributed by atoms with Gasteiger partial charge >= 0.3 is 0 Å². The van der Waals surface area contributed by atoms with E-state index in [-0.39, 0.29) is 5.91 Å². The predicted octanol–water partition coefficient (Wildman–Crippen LogP) is 1.83. The van der Waals surface area contributed by atoms with E-state index in [1.54, 1.807) is 18.3 Å². The van der Waals surface area contributed by atoms with E-state index in [9.17, 15) is 4.79 Å². The molecule has 0 atom stereocenters. The van der Waals surface area contributed by atoms with E-state index in [0.717, 1.165) is 5.69 Å². The first kappa shape index (κ1) is 11.2. The van der Waals surface area contributed by atoms with Gasteiger partial charge in [0.2, 0.25) is 5.91 Å². The number of aromatic nitrogens is 1. The summed E-state index contributed by atoms with van der Waals surface area (Å²) in [5.74, 6) is -0.112. The average Bonchev–Trinajstić information content (AvgIpc) is 2.28. The number of hydrogen-bond donors (Lipinski definition) is 1. The van der Waals surface area contributed by atoms with E-state index in [2.05, 4.69) is 10.3 Å². The van der Waals surface area contributed by atoms with Gasteiger partial charge in [0.1, 0.15) is 0 Å². The van der Waals surface area contributed by atoms with Crippen molar-refractivity contribution < 1.29 is 4.79 Å². The van der Waals surface area contributed by atoms with E-state index < -0.39 is 0 Å². The van der Waals surface area contributed by atoms with Crippen molar-refractivity contribution in [3.05, 3.63) is 54.4 Å². The summed E-state index contributed by atoms with van der Waals surface area (Å²) in [7, 11) is 0. The van der Waals surface area contributed by atoms with Gasteiger partial charge in [-0.1, -0.05) is 24.3 Å². The molecule has 3 nitrogen and oxygen atoms in total. The Bertz CT molecular complexity index is 355. The van der Waals surface area contributed by atoms with Gasteiger partial charge in [0, 0.05) is 12.3 Å². The predicted molar refractivity (Wildman–Crippen MR) is 60.0 cm³/mol. The summed E-state index contributed by atoms with van der Waals surface area (Å²) < 4.78 is 0. The van der Waals surface area contributed by atoms with Gasteiger partial charge in [-0.25, -0.2) is 0 Å². The van der Waals surface area contributed by atoms with Crippen molar-refractivity contribution in [1.82, 2.24) is 10.3 Å². The Hall–Kier alpha value is -1.90. The van der Waals surface area contributed by atoms with Crippen LogP contribution in [0.2, 0.25) is 0 Å². The van der Waals surface area contributed by atoms with Crippen LogP contribution < -0.4 is 5.32 Å². The van der Waals surface area contributed by atoms with Crippen LogP contribution >= 0.6 is 0 Å². The maximum Gasteiger partial charge on any atom is 0.244 e. The van der Waals surface area contributed by atoms with Crippen molar-refractivity contribution in [2.75, 3.05) is 0 Å². The highest BCUT2D eigenvalue weighted by Crippen LogP contribution is 1.91. The molecule has 15 heavy (non-hydrogen) atoms. The van der Waals surface area contributed by atoms with Gasteiger partial charge in [0.15, 0.2) is 0 Å². The minimum atomic E-state index is -0.112. The van der Waals surface area contributed by atoms with E-state index >= 15 is 0 Å². The monoisotopic (exact) mass is 202 g/mol. The molecule has 1 N–H and O–H groups in total. The molecular formula is C12H14N2O. The second-order valence-corrected chi connectivity index (χ2v) is 2.92. The number of rotatable bonds is 4. The highest BCUT2D eigenvalue weighted by atomic mass is 16.1. The number of carbonyl (C=O) groups is 1. The maximum atomic E-state index is 11.2. The van der Waals surface area contributed by atoms with Gasteiger partial charge in [-0.05, 0) is 19.1 Å². The Balaban J connectivity index is 2.35. The zero-order chi connectivity index (χ0) is 10.9. The van der Waals surface area contributed by atoms with Crippen LogP contribution in [0.4, 0.5) is 0 Å². The Morgan fingerprint density at radius 3 is 3.00 bits per heavy atom. The quantitative estimate of drug-likeness (QED) is 0.598. The Morgan fingerprint density at radius 2 is 2.33 bits per heavy atom. The molecule has 0 bridgehead atoms. The third-order valence-corrected chi connectivity index (χ3v) is 1.72. The van der Waals surface area contributed by atoms with Crippen LogP contribution in [0, 0.1) is 0 Å². The topological polar surface area (TPSA) is 42.0 Å². The molecule has 0 saturated heterocycles. The first-order valence-electron chi connectivity index (χ1n) is 4.80. The fourth-order valence-corrected chi connectivity index (χ4v) is 0.993. The summed E-state index contributed by atoms with van der Waals surface area (Å²) in [5, 5.41) is 2.74. The van der Waals surface area contributed by atoms with E-state index in [4.69, 9.17) is 0 Å². The first-order valence-corrected chi connectivity index (χ1v) is 4.80.